The summed E-state index contributed by atoms with van der Waals surface area (Å²) in [4.78, 5) is 14.9. The fourth-order valence-corrected chi connectivity index (χ4v) is 3.77. The summed E-state index contributed by atoms with van der Waals surface area (Å²) in [5.41, 5.74) is 3.49. The van der Waals surface area contributed by atoms with Gasteiger partial charge in [0.1, 0.15) is 0 Å². The molecule has 3 rings (SSSR count). The van der Waals surface area contributed by atoms with E-state index in [0.29, 0.717) is 5.92 Å². The van der Waals surface area contributed by atoms with Crippen molar-refractivity contribution in [3.8, 4) is 0 Å². The quantitative estimate of drug-likeness (QED) is 0.742. The number of nitrogens with one attached hydrogen (secondary N) is 1. The first-order valence-electron chi connectivity index (χ1n) is 10.7. The van der Waals surface area contributed by atoms with E-state index in [0.717, 1.165) is 31.1 Å². The molecule has 0 saturated carbocycles. The first kappa shape index (κ1) is 20.6. The molecule has 1 atom stereocenters. The van der Waals surface area contributed by atoms with E-state index in [-0.39, 0.29) is 11.9 Å². The lowest BCUT2D eigenvalue weighted by atomic mass is 9.90. The minimum Gasteiger partial charge on any atom is -0.349 e. The normalized spacial score (nSPS) is 16.9. The lowest BCUT2D eigenvalue weighted by molar-refractivity contribution is 0.0930. The highest BCUT2D eigenvalue weighted by Crippen LogP contribution is 2.23. The summed E-state index contributed by atoms with van der Waals surface area (Å²) in [6.45, 7) is 9.59. The third-order valence-electron chi connectivity index (χ3n) is 6.06. The van der Waals surface area contributed by atoms with Gasteiger partial charge in [-0.25, -0.2) is 0 Å². The number of hydrogen-bond donors (Lipinski definition) is 1. The third-order valence-corrected chi connectivity index (χ3v) is 6.06. The maximum absolute atomic E-state index is 12.3. The molecule has 2 aromatic rings. The number of amides is 1. The van der Waals surface area contributed by atoms with Gasteiger partial charge in [0.2, 0.25) is 0 Å². The lowest BCUT2D eigenvalue weighted by Gasteiger charge is -2.32. The Kier molecular flexibility index (Phi) is 7.27. The van der Waals surface area contributed by atoms with Crippen LogP contribution in [0, 0.1) is 11.8 Å². The molecule has 0 radical (unpaired) electrons. The van der Waals surface area contributed by atoms with Crippen LogP contribution in [0.2, 0.25) is 0 Å². The van der Waals surface area contributed by atoms with Crippen LogP contribution in [0.25, 0.3) is 0 Å². The number of rotatable bonds is 7. The van der Waals surface area contributed by atoms with Crippen molar-refractivity contribution in [2.45, 2.75) is 52.6 Å². The number of hydrogen-bond acceptors (Lipinski definition) is 2. The summed E-state index contributed by atoms with van der Waals surface area (Å²) in [6.07, 6.45) is 3.73. The van der Waals surface area contributed by atoms with Gasteiger partial charge >= 0.3 is 0 Å². The highest BCUT2D eigenvalue weighted by Gasteiger charge is 2.19. The molecule has 1 N–H and O–H groups in total. The van der Waals surface area contributed by atoms with E-state index < -0.39 is 0 Å². The molecule has 0 bridgehead atoms. The van der Waals surface area contributed by atoms with E-state index in [1.54, 1.807) is 0 Å². The third kappa shape index (κ3) is 5.93. The molecule has 2 aromatic carbocycles. The molecular weight excluding hydrogens is 344 g/mol. The molecule has 1 saturated heterocycles. The molecule has 1 fully saturated rings. The number of carbonyl (C=O) groups excluding carboxylic acids is 1. The molecule has 3 nitrogen and oxygen atoms in total. The van der Waals surface area contributed by atoms with Crippen molar-refractivity contribution < 1.29 is 4.79 Å². The monoisotopic (exact) mass is 378 g/mol. The minimum atomic E-state index is 0.0227. The topological polar surface area (TPSA) is 32.3 Å². The van der Waals surface area contributed by atoms with Gasteiger partial charge in [0, 0.05) is 18.2 Å². The van der Waals surface area contributed by atoms with Gasteiger partial charge in [-0.05, 0) is 74.4 Å². The molecule has 3 heteroatoms. The van der Waals surface area contributed by atoms with Gasteiger partial charge in [-0.3, -0.25) is 9.69 Å². The zero-order valence-corrected chi connectivity index (χ0v) is 17.5. The predicted molar refractivity (Wildman–Crippen MR) is 116 cm³/mol. The minimum absolute atomic E-state index is 0.0227. The predicted octanol–water partition coefficient (Wildman–Crippen LogP) is 4.92. The standard InChI is InChI=1S/C25H34N2O/c1-19(2)20(3)26-25(28)24-11-9-23(10-12-24)18-27-15-13-22(14-16-27)17-21-7-5-4-6-8-21/h4-12,19-20,22H,13-18H2,1-3H3,(H,26,28). The van der Waals surface area contributed by atoms with Crippen molar-refractivity contribution in [1.29, 1.82) is 0 Å². The molecular formula is C25H34N2O. The number of likely N-dealkylation sites (tertiary alicyclic amines) is 1. The highest BCUT2D eigenvalue weighted by molar-refractivity contribution is 5.94. The molecule has 1 aliphatic rings. The van der Waals surface area contributed by atoms with Crippen LogP contribution in [-0.4, -0.2) is 29.9 Å². The molecule has 1 amide bonds. The van der Waals surface area contributed by atoms with Gasteiger partial charge in [-0.15, -0.1) is 0 Å². The highest BCUT2D eigenvalue weighted by atomic mass is 16.1. The van der Waals surface area contributed by atoms with Crippen LogP contribution in [0.3, 0.4) is 0 Å². The maximum atomic E-state index is 12.3. The molecule has 1 heterocycles. The van der Waals surface area contributed by atoms with Crippen LogP contribution in [0.4, 0.5) is 0 Å². The van der Waals surface area contributed by atoms with Crippen molar-refractivity contribution in [2.24, 2.45) is 11.8 Å². The van der Waals surface area contributed by atoms with E-state index in [9.17, 15) is 4.79 Å². The number of piperidine rings is 1. The van der Waals surface area contributed by atoms with E-state index in [1.165, 1.54) is 30.4 Å². The summed E-state index contributed by atoms with van der Waals surface area (Å²) in [6, 6.07) is 19.2. The Hall–Kier alpha value is -2.13. The summed E-state index contributed by atoms with van der Waals surface area (Å²) in [5, 5.41) is 3.07. The fraction of sp³-hybridized carbons (Fsp3) is 0.480. The van der Waals surface area contributed by atoms with Gasteiger partial charge in [-0.2, -0.15) is 0 Å². The smallest absolute Gasteiger partial charge is 0.251 e. The first-order valence-corrected chi connectivity index (χ1v) is 10.7. The SMILES string of the molecule is CC(C)C(C)NC(=O)c1ccc(CN2CCC(Cc3ccccc3)CC2)cc1. The number of benzene rings is 2. The second-order valence-corrected chi connectivity index (χ2v) is 8.61. The van der Waals surface area contributed by atoms with Crippen molar-refractivity contribution >= 4 is 5.91 Å². The van der Waals surface area contributed by atoms with Crippen molar-refractivity contribution in [1.82, 2.24) is 10.2 Å². The molecule has 150 valence electrons. The largest absolute Gasteiger partial charge is 0.349 e. The maximum Gasteiger partial charge on any atom is 0.251 e. The van der Waals surface area contributed by atoms with E-state index in [2.05, 4.69) is 73.5 Å². The second-order valence-electron chi connectivity index (χ2n) is 8.61. The van der Waals surface area contributed by atoms with Crippen LogP contribution < -0.4 is 5.32 Å². The zero-order valence-electron chi connectivity index (χ0n) is 17.5. The zero-order chi connectivity index (χ0) is 19.9. The average Bonchev–Trinajstić information content (AvgIpc) is 2.70. The second kappa shape index (κ2) is 9.88. The summed E-state index contributed by atoms with van der Waals surface area (Å²) in [5.74, 6) is 1.26. The van der Waals surface area contributed by atoms with Crippen molar-refractivity contribution in [3.05, 3.63) is 71.3 Å². The van der Waals surface area contributed by atoms with Crippen LogP contribution >= 0.6 is 0 Å². The molecule has 0 aliphatic carbocycles. The van der Waals surface area contributed by atoms with Crippen molar-refractivity contribution in [2.75, 3.05) is 13.1 Å². The van der Waals surface area contributed by atoms with Gasteiger partial charge in [0.25, 0.3) is 5.91 Å². The Balaban J connectivity index is 1.45. The molecule has 28 heavy (non-hydrogen) atoms. The van der Waals surface area contributed by atoms with Crippen LogP contribution in [0.5, 0.6) is 0 Å². The van der Waals surface area contributed by atoms with E-state index >= 15 is 0 Å². The Labute approximate surface area is 170 Å². The molecule has 0 aromatic heterocycles. The fourth-order valence-electron chi connectivity index (χ4n) is 3.77. The van der Waals surface area contributed by atoms with Crippen LogP contribution in [-0.2, 0) is 13.0 Å². The number of nitrogens with zero attached hydrogens (tertiary/aromatic N) is 1. The number of carbonyl (C=O) groups is 1. The van der Waals surface area contributed by atoms with Gasteiger partial charge < -0.3 is 5.32 Å². The first-order chi connectivity index (χ1) is 13.5. The summed E-state index contributed by atoms with van der Waals surface area (Å²) in [7, 11) is 0. The van der Waals surface area contributed by atoms with Gasteiger partial charge in [0.15, 0.2) is 0 Å². The van der Waals surface area contributed by atoms with E-state index in [1.807, 2.05) is 12.1 Å². The summed E-state index contributed by atoms with van der Waals surface area (Å²) < 4.78 is 0. The van der Waals surface area contributed by atoms with Gasteiger partial charge in [-0.1, -0.05) is 56.3 Å². The summed E-state index contributed by atoms with van der Waals surface area (Å²) >= 11 is 0. The van der Waals surface area contributed by atoms with E-state index in [4.69, 9.17) is 0 Å². The van der Waals surface area contributed by atoms with Gasteiger partial charge in [0.05, 0.1) is 0 Å². The average molecular weight is 379 g/mol. The van der Waals surface area contributed by atoms with Crippen molar-refractivity contribution in [3.63, 3.8) is 0 Å². The Morgan fingerprint density at radius 2 is 1.61 bits per heavy atom. The molecule has 0 spiro atoms. The van der Waals surface area contributed by atoms with Crippen LogP contribution in [0.1, 0.15) is 55.1 Å². The Morgan fingerprint density at radius 3 is 2.21 bits per heavy atom. The Morgan fingerprint density at radius 1 is 0.964 bits per heavy atom. The molecule has 1 aliphatic heterocycles. The molecule has 1 unspecified atom stereocenters. The lowest BCUT2D eigenvalue weighted by Crippen LogP contribution is -2.36. The van der Waals surface area contributed by atoms with Crippen LogP contribution in [0.15, 0.2) is 54.6 Å². The Bertz CT molecular complexity index is 731.